The van der Waals surface area contributed by atoms with Crippen LogP contribution < -0.4 is 16.0 Å². The van der Waals surface area contributed by atoms with Gasteiger partial charge in [0, 0.05) is 51.5 Å². The SMILES string of the molecule is CN=C(NCCCNc1ccccc1)NCCCOCC1CCOC1.I. The van der Waals surface area contributed by atoms with Crippen molar-refractivity contribution >= 4 is 35.6 Å². The molecular weight excluding hydrogens is 443 g/mol. The van der Waals surface area contributed by atoms with Gasteiger partial charge >= 0.3 is 0 Å². The molecule has 0 amide bonds. The van der Waals surface area contributed by atoms with Gasteiger partial charge in [-0.1, -0.05) is 18.2 Å². The maximum absolute atomic E-state index is 5.70. The van der Waals surface area contributed by atoms with Crippen LogP contribution in [0.2, 0.25) is 0 Å². The number of halogens is 1. The number of nitrogens with one attached hydrogen (secondary N) is 3. The summed E-state index contributed by atoms with van der Waals surface area (Å²) < 4.78 is 11.0. The Kier molecular flexibility index (Phi) is 13.3. The molecule has 2 rings (SSSR count). The highest BCUT2D eigenvalue weighted by atomic mass is 127. The fourth-order valence-electron chi connectivity index (χ4n) is 2.65. The molecule has 148 valence electrons. The van der Waals surface area contributed by atoms with Crippen LogP contribution in [0.1, 0.15) is 19.3 Å². The third-order valence-corrected chi connectivity index (χ3v) is 4.11. The van der Waals surface area contributed by atoms with E-state index in [2.05, 4.69) is 33.1 Å². The number of guanidine groups is 1. The third kappa shape index (κ3) is 10.2. The fourth-order valence-corrected chi connectivity index (χ4v) is 2.65. The molecule has 7 heteroatoms. The number of para-hydroxylation sites is 1. The first-order valence-corrected chi connectivity index (χ1v) is 9.27. The zero-order valence-electron chi connectivity index (χ0n) is 15.7. The number of benzene rings is 1. The Morgan fingerprint density at radius 1 is 1.15 bits per heavy atom. The van der Waals surface area contributed by atoms with E-state index in [0.717, 1.165) is 77.0 Å². The Bertz CT molecular complexity index is 482. The summed E-state index contributed by atoms with van der Waals surface area (Å²) in [6, 6.07) is 10.3. The third-order valence-electron chi connectivity index (χ3n) is 4.11. The molecule has 0 radical (unpaired) electrons. The van der Waals surface area contributed by atoms with Crippen LogP contribution >= 0.6 is 24.0 Å². The van der Waals surface area contributed by atoms with Gasteiger partial charge in [-0.2, -0.15) is 0 Å². The molecule has 1 fully saturated rings. The second-order valence-corrected chi connectivity index (χ2v) is 6.23. The molecule has 1 heterocycles. The summed E-state index contributed by atoms with van der Waals surface area (Å²) in [6.45, 7) is 6.03. The molecule has 0 saturated carbocycles. The van der Waals surface area contributed by atoms with E-state index >= 15 is 0 Å². The smallest absolute Gasteiger partial charge is 0.190 e. The molecule has 1 aromatic carbocycles. The monoisotopic (exact) mass is 476 g/mol. The van der Waals surface area contributed by atoms with E-state index in [-0.39, 0.29) is 24.0 Å². The normalized spacial score (nSPS) is 16.8. The number of aliphatic imine (C=N–C) groups is 1. The quantitative estimate of drug-likeness (QED) is 0.198. The second-order valence-electron chi connectivity index (χ2n) is 6.23. The average Bonchev–Trinajstić information content (AvgIpc) is 3.17. The van der Waals surface area contributed by atoms with Crippen LogP contribution in [-0.2, 0) is 9.47 Å². The van der Waals surface area contributed by atoms with E-state index in [0.29, 0.717) is 5.92 Å². The van der Waals surface area contributed by atoms with Gasteiger partial charge in [0.2, 0.25) is 0 Å². The van der Waals surface area contributed by atoms with Gasteiger partial charge in [-0.3, -0.25) is 4.99 Å². The Labute approximate surface area is 174 Å². The van der Waals surface area contributed by atoms with Gasteiger partial charge in [-0.15, -0.1) is 24.0 Å². The van der Waals surface area contributed by atoms with Gasteiger partial charge in [0.05, 0.1) is 13.2 Å². The van der Waals surface area contributed by atoms with Crippen molar-refractivity contribution < 1.29 is 9.47 Å². The number of hydrogen-bond donors (Lipinski definition) is 3. The zero-order valence-corrected chi connectivity index (χ0v) is 18.0. The van der Waals surface area contributed by atoms with Gasteiger partial charge in [-0.25, -0.2) is 0 Å². The van der Waals surface area contributed by atoms with Crippen LogP contribution in [0, 0.1) is 5.92 Å². The van der Waals surface area contributed by atoms with Crippen LogP contribution in [-0.4, -0.2) is 59.1 Å². The largest absolute Gasteiger partial charge is 0.385 e. The van der Waals surface area contributed by atoms with Crippen LogP contribution in [0.25, 0.3) is 0 Å². The van der Waals surface area contributed by atoms with Gasteiger partial charge in [0.1, 0.15) is 0 Å². The highest BCUT2D eigenvalue weighted by molar-refractivity contribution is 14.0. The van der Waals surface area contributed by atoms with E-state index in [4.69, 9.17) is 9.47 Å². The number of ether oxygens (including phenoxy) is 2. The van der Waals surface area contributed by atoms with Gasteiger partial charge in [-0.05, 0) is 31.4 Å². The molecule has 1 aliphatic heterocycles. The first-order chi connectivity index (χ1) is 12.4. The molecule has 0 aromatic heterocycles. The number of hydrogen-bond acceptors (Lipinski definition) is 4. The Morgan fingerprint density at radius 2 is 1.92 bits per heavy atom. The lowest BCUT2D eigenvalue weighted by molar-refractivity contribution is 0.0888. The zero-order chi connectivity index (χ0) is 17.6. The van der Waals surface area contributed by atoms with Crippen molar-refractivity contribution in [2.45, 2.75) is 19.3 Å². The maximum Gasteiger partial charge on any atom is 0.190 e. The van der Waals surface area contributed by atoms with E-state index in [1.54, 1.807) is 7.05 Å². The minimum absolute atomic E-state index is 0. The molecule has 1 aromatic rings. The topological polar surface area (TPSA) is 66.9 Å². The highest BCUT2D eigenvalue weighted by Crippen LogP contribution is 2.12. The lowest BCUT2D eigenvalue weighted by atomic mass is 10.1. The van der Waals surface area contributed by atoms with Crippen molar-refractivity contribution in [3.8, 4) is 0 Å². The number of rotatable bonds is 11. The summed E-state index contributed by atoms with van der Waals surface area (Å²) in [4.78, 5) is 4.24. The summed E-state index contributed by atoms with van der Waals surface area (Å²) >= 11 is 0. The Morgan fingerprint density at radius 3 is 2.62 bits per heavy atom. The molecule has 1 saturated heterocycles. The lowest BCUT2D eigenvalue weighted by Gasteiger charge is -2.13. The van der Waals surface area contributed by atoms with E-state index < -0.39 is 0 Å². The number of anilines is 1. The lowest BCUT2D eigenvalue weighted by Crippen LogP contribution is -2.38. The molecule has 1 unspecified atom stereocenters. The molecular formula is C19H33IN4O2. The average molecular weight is 476 g/mol. The molecule has 3 N–H and O–H groups in total. The molecule has 1 aliphatic rings. The molecule has 0 bridgehead atoms. The molecule has 1 atom stereocenters. The van der Waals surface area contributed by atoms with E-state index in [1.165, 1.54) is 0 Å². The molecule has 0 spiro atoms. The van der Waals surface area contributed by atoms with E-state index in [9.17, 15) is 0 Å². The van der Waals surface area contributed by atoms with Crippen molar-refractivity contribution in [1.82, 2.24) is 10.6 Å². The van der Waals surface area contributed by atoms with Crippen LogP contribution in [0.3, 0.4) is 0 Å². The maximum atomic E-state index is 5.70. The Balaban J connectivity index is 0.00000338. The Hall–Kier alpha value is -1.06. The standard InChI is InChI=1S/C19H32N4O2.HI/c1-20-19(22-11-5-10-21-18-7-3-2-4-8-18)23-12-6-13-24-15-17-9-14-25-16-17;/h2-4,7-8,17,21H,5-6,9-16H2,1H3,(H2,20,22,23);1H. The van der Waals surface area contributed by atoms with Crippen LogP contribution in [0.4, 0.5) is 5.69 Å². The second kappa shape index (κ2) is 15.0. The predicted octanol–water partition coefficient (Wildman–Crippen LogP) is 2.71. The predicted molar refractivity (Wildman–Crippen MR) is 119 cm³/mol. The van der Waals surface area contributed by atoms with Gasteiger partial charge in [0.15, 0.2) is 5.96 Å². The fraction of sp³-hybridized carbons (Fsp3) is 0.632. The van der Waals surface area contributed by atoms with E-state index in [1.807, 2.05) is 18.2 Å². The first-order valence-electron chi connectivity index (χ1n) is 9.27. The summed E-state index contributed by atoms with van der Waals surface area (Å²) in [5.74, 6) is 1.44. The van der Waals surface area contributed by atoms with Crippen LogP contribution in [0.5, 0.6) is 0 Å². The first kappa shape index (κ1) is 23.0. The van der Waals surface area contributed by atoms with Crippen LogP contribution in [0.15, 0.2) is 35.3 Å². The van der Waals surface area contributed by atoms with Crippen molar-refractivity contribution in [1.29, 1.82) is 0 Å². The highest BCUT2D eigenvalue weighted by Gasteiger charge is 2.15. The summed E-state index contributed by atoms with van der Waals surface area (Å²) in [6.07, 6.45) is 3.14. The minimum atomic E-state index is 0. The van der Waals surface area contributed by atoms with Crippen molar-refractivity contribution in [3.63, 3.8) is 0 Å². The molecule has 26 heavy (non-hydrogen) atoms. The summed E-state index contributed by atoms with van der Waals surface area (Å²) in [5, 5.41) is 10.1. The summed E-state index contributed by atoms with van der Waals surface area (Å²) in [7, 11) is 1.80. The van der Waals surface area contributed by atoms with Crippen molar-refractivity contribution in [3.05, 3.63) is 30.3 Å². The molecule has 0 aliphatic carbocycles. The van der Waals surface area contributed by atoms with Gasteiger partial charge in [0.25, 0.3) is 0 Å². The minimum Gasteiger partial charge on any atom is -0.385 e. The van der Waals surface area contributed by atoms with Gasteiger partial charge < -0.3 is 25.4 Å². The molecule has 6 nitrogen and oxygen atoms in total. The van der Waals surface area contributed by atoms with Crippen molar-refractivity contribution in [2.24, 2.45) is 10.9 Å². The number of nitrogens with zero attached hydrogens (tertiary/aromatic N) is 1. The summed E-state index contributed by atoms with van der Waals surface area (Å²) in [5.41, 5.74) is 1.16. The van der Waals surface area contributed by atoms with Crippen molar-refractivity contribution in [2.75, 3.05) is 58.4 Å².